The summed E-state index contributed by atoms with van der Waals surface area (Å²) < 4.78 is 27.8. The number of unbranched alkanes of at least 4 members (excludes halogenated alkanes) is 12. The SMILES string of the molecule is CCCCCCCCCCCCCCCOS(=O)(=O)C(C)C. The molecule has 0 aromatic heterocycles. The van der Waals surface area contributed by atoms with Crippen molar-refractivity contribution in [1.29, 1.82) is 0 Å². The molecule has 134 valence electrons. The minimum absolute atomic E-state index is 0.346. The minimum Gasteiger partial charge on any atom is -0.270 e. The van der Waals surface area contributed by atoms with E-state index >= 15 is 0 Å². The van der Waals surface area contributed by atoms with Crippen LogP contribution < -0.4 is 0 Å². The van der Waals surface area contributed by atoms with Gasteiger partial charge in [-0.3, -0.25) is 4.18 Å². The Morgan fingerprint density at radius 3 is 1.41 bits per heavy atom. The maximum atomic E-state index is 11.4. The molecule has 0 atom stereocenters. The van der Waals surface area contributed by atoms with Crippen LogP contribution in [0.15, 0.2) is 0 Å². The molecule has 0 spiro atoms. The van der Waals surface area contributed by atoms with Crippen LogP contribution in [0.25, 0.3) is 0 Å². The van der Waals surface area contributed by atoms with Gasteiger partial charge in [0.05, 0.1) is 11.9 Å². The van der Waals surface area contributed by atoms with Gasteiger partial charge in [0.25, 0.3) is 10.1 Å². The summed E-state index contributed by atoms with van der Waals surface area (Å²) in [6.07, 6.45) is 16.8. The molecular weight excluding hydrogens is 296 g/mol. The second-order valence-electron chi connectivity index (χ2n) is 6.61. The molecule has 0 saturated heterocycles. The fraction of sp³-hybridized carbons (Fsp3) is 1.00. The van der Waals surface area contributed by atoms with Crippen LogP contribution in [0.5, 0.6) is 0 Å². The standard InChI is InChI=1S/C18H38O3S/c1-4-5-6-7-8-9-10-11-12-13-14-15-16-17-21-22(19,20)18(2)3/h18H,4-17H2,1-3H3. The summed E-state index contributed by atoms with van der Waals surface area (Å²) >= 11 is 0. The van der Waals surface area contributed by atoms with Crippen LogP contribution in [-0.4, -0.2) is 20.3 Å². The molecule has 0 amide bonds. The van der Waals surface area contributed by atoms with Gasteiger partial charge in [0.1, 0.15) is 0 Å². The van der Waals surface area contributed by atoms with Gasteiger partial charge in [-0.25, -0.2) is 0 Å². The van der Waals surface area contributed by atoms with Crippen molar-refractivity contribution in [3.63, 3.8) is 0 Å². The Morgan fingerprint density at radius 2 is 1.05 bits per heavy atom. The molecule has 0 radical (unpaired) electrons. The van der Waals surface area contributed by atoms with E-state index in [2.05, 4.69) is 6.92 Å². The van der Waals surface area contributed by atoms with Crippen LogP contribution in [0.3, 0.4) is 0 Å². The number of hydrogen-bond acceptors (Lipinski definition) is 3. The lowest BCUT2D eigenvalue weighted by Gasteiger charge is -2.08. The first kappa shape index (κ1) is 21.9. The highest BCUT2D eigenvalue weighted by Crippen LogP contribution is 2.12. The van der Waals surface area contributed by atoms with Gasteiger partial charge < -0.3 is 0 Å². The smallest absolute Gasteiger partial charge is 0.269 e. The van der Waals surface area contributed by atoms with E-state index in [9.17, 15) is 8.42 Å². The Labute approximate surface area is 139 Å². The van der Waals surface area contributed by atoms with Gasteiger partial charge in [0, 0.05) is 0 Å². The minimum atomic E-state index is -3.31. The van der Waals surface area contributed by atoms with E-state index in [-0.39, 0.29) is 0 Å². The fourth-order valence-corrected chi connectivity index (χ4v) is 3.05. The molecule has 0 aliphatic carbocycles. The predicted octanol–water partition coefficient (Wildman–Crippen LogP) is 5.83. The molecule has 4 heteroatoms. The Hall–Kier alpha value is -0.0900. The Bertz CT molecular complexity index is 323. The van der Waals surface area contributed by atoms with Crippen molar-refractivity contribution >= 4 is 10.1 Å². The Kier molecular flexibility index (Phi) is 14.4. The van der Waals surface area contributed by atoms with Gasteiger partial charge in [-0.1, -0.05) is 84.0 Å². The van der Waals surface area contributed by atoms with Crippen molar-refractivity contribution in [2.75, 3.05) is 6.61 Å². The van der Waals surface area contributed by atoms with E-state index in [1.165, 1.54) is 70.6 Å². The van der Waals surface area contributed by atoms with Crippen molar-refractivity contribution in [2.24, 2.45) is 0 Å². The van der Waals surface area contributed by atoms with Gasteiger partial charge in [-0.05, 0) is 20.3 Å². The Balaban J connectivity index is 3.18. The molecule has 0 saturated carbocycles. The molecule has 22 heavy (non-hydrogen) atoms. The summed E-state index contributed by atoms with van der Waals surface area (Å²) in [4.78, 5) is 0. The predicted molar refractivity (Wildman–Crippen MR) is 95.7 cm³/mol. The summed E-state index contributed by atoms with van der Waals surface area (Å²) in [5.41, 5.74) is 0. The molecule has 0 bridgehead atoms. The molecule has 0 rings (SSSR count). The summed E-state index contributed by atoms with van der Waals surface area (Å²) in [7, 11) is -3.31. The highest BCUT2D eigenvalue weighted by molar-refractivity contribution is 7.87. The van der Waals surface area contributed by atoms with Gasteiger partial charge in [0.2, 0.25) is 0 Å². The van der Waals surface area contributed by atoms with Crippen LogP contribution >= 0.6 is 0 Å². The van der Waals surface area contributed by atoms with Crippen molar-refractivity contribution < 1.29 is 12.6 Å². The molecular formula is C18H38O3S. The van der Waals surface area contributed by atoms with E-state index in [1.807, 2.05) is 0 Å². The third kappa shape index (κ3) is 13.6. The van der Waals surface area contributed by atoms with Crippen molar-refractivity contribution in [1.82, 2.24) is 0 Å². The summed E-state index contributed by atoms with van der Waals surface area (Å²) in [5.74, 6) is 0. The molecule has 0 aromatic rings. The van der Waals surface area contributed by atoms with Crippen LogP contribution in [-0.2, 0) is 14.3 Å². The zero-order valence-electron chi connectivity index (χ0n) is 15.1. The lowest BCUT2D eigenvalue weighted by Crippen LogP contribution is -2.17. The summed E-state index contributed by atoms with van der Waals surface area (Å²) in [6.45, 7) is 5.91. The molecule has 0 unspecified atom stereocenters. The average molecular weight is 335 g/mol. The molecule has 0 aromatic carbocycles. The fourth-order valence-electron chi connectivity index (χ4n) is 2.43. The van der Waals surface area contributed by atoms with Crippen molar-refractivity contribution in [3.8, 4) is 0 Å². The topological polar surface area (TPSA) is 43.4 Å². The van der Waals surface area contributed by atoms with Crippen molar-refractivity contribution in [3.05, 3.63) is 0 Å². The lowest BCUT2D eigenvalue weighted by atomic mass is 10.0. The molecule has 0 aliphatic heterocycles. The highest BCUT2D eigenvalue weighted by Gasteiger charge is 2.15. The normalized spacial score (nSPS) is 12.2. The molecule has 0 N–H and O–H groups in total. The zero-order chi connectivity index (χ0) is 16.7. The van der Waals surface area contributed by atoms with E-state index < -0.39 is 15.4 Å². The lowest BCUT2D eigenvalue weighted by molar-refractivity contribution is 0.302. The highest BCUT2D eigenvalue weighted by atomic mass is 32.2. The monoisotopic (exact) mass is 334 g/mol. The molecule has 0 heterocycles. The van der Waals surface area contributed by atoms with E-state index in [0.717, 1.165) is 12.8 Å². The van der Waals surface area contributed by atoms with E-state index in [0.29, 0.717) is 6.61 Å². The second-order valence-corrected chi connectivity index (χ2v) is 8.77. The van der Waals surface area contributed by atoms with Crippen LogP contribution in [0.1, 0.15) is 104 Å². The second kappa shape index (κ2) is 14.5. The van der Waals surface area contributed by atoms with Crippen LogP contribution in [0, 0.1) is 0 Å². The average Bonchev–Trinajstić information content (AvgIpc) is 2.47. The Morgan fingerprint density at radius 1 is 0.682 bits per heavy atom. The van der Waals surface area contributed by atoms with Crippen molar-refractivity contribution in [2.45, 2.75) is 109 Å². The number of hydrogen-bond donors (Lipinski definition) is 0. The largest absolute Gasteiger partial charge is 0.270 e. The van der Waals surface area contributed by atoms with Crippen LogP contribution in [0.4, 0.5) is 0 Å². The third-order valence-corrected chi connectivity index (χ3v) is 5.72. The molecule has 0 aliphatic rings. The van der Waals surface area contributed by atoms with Gasteiger partial charge >= 0.3 is 0 Å². The van der Waals surface area contributed by atoms with Gasteiger partial charge in [0.15, 0.2) is 0 Å². The third-order valence-electron chi connectivity index (χ3n) is 4.07. The van der Waals surface area contributed by atoms with E-state index in [1.54, 1.807) is 13.8 Å². The van der Waals surface area contributed by atoms with E-state index in [4.69, 9.17) is 4.18 Å². The van der Waals surface area contributed by atoms with Crippen LogP contribution in [0.2, 0.25) is 0 Å². The molecule has 0 fully saturated rings. The maximum Gasteiger partial charge on any atom is 0.269 e. The first-order valence-electron chi connectivity index (χ1n) is 9.39. The first-order valence-corrected chi connectivity index (χ1v) is 10.9. The zero-order valence-corrected chi connectivity index (χ0v) is 15.9. The first-order chi connectivity index (χ1) is 10.5. The molecule has 3 nitrogen and oxygen atoms in total. The van der Waals surface area contributed by atoms with Gasteiger partial charge in [-0.15, -0.1) is 0 Å². The number of rotatable bonds is 16. The summed E-state index contributed by atoms with van der Waals surface area (Å²) in [6, 6.07) is 0. The maximum absolute atomic E-state index is 11.4. The summed E-state index contributed by atoms with van der Waals surface area (Å²) in [5, 5.41) is -0.436. The quantitative estimate of drug-likeness (QED) is 0.263. The van der Waals surface area contributed by atoms with Gasteiger partial charge in [-0.2, -0.15) is 8.42 Å².